The zero-order valence-electron chi connectivity index (χ0n) is 15.6. The first-order valence-corrected chi connectivity index (χ1v) is 8.92. The minimum Gasteiger partial charge on any atom is -0.459 e. The van der Waals surface area contributed by atoms with Crippen LogP contribution in [0.15, 0.2) is 30.3 Å². The molecule has 1 aliphatic rings. The average Bonchev–Trinajstić information content (AvgIpc) is 3.00. The van der Waals surface area contributed by atoms with E-state index in [1.807, 2.05) is 44.2 Å². The Balaban J connectivity index is 2.08. The van der Waals surface area contributed by atoms with E-state index in [-0.39, 0.29) is 23.7 Å². The molecule has 0 saturated carbocycles. The van der Waals surface area contributed by atoms with Crippen LogP contribution < -0.4 is 0 Å². The molecule has 1 aliphatic heterocycles. The lowest BCUT2D eigenvalue weighted by molar-refractivity contribution is -0.167. The third kappa shape index (κ3) is 5.05. The predicted octanol–water partition coefficient (Wildman–Crippen LogP) is 3.79. The molecule has 1 saturated heterocycles. The van der Waals surface area contributed by atoms with Gasteiger partial charge < -0.3 is 9.47 Å². The lowest BCUT2D eigenvalue weighted by Crippen LogP contribution is -2.53. The highest BCUT2D eigenvalue weighted by molar-refractivity contribution is 5.75. The highest BCUT2D eigenvalue weighted by Crippen LogP contribution is 2.30. The maximum atomic E-state index is 12.7. The summed E-state index contributed by atoms with van der Waals surface area (Å²) in [5.74, 6) is -0.256. The summed E-state index contributed by atoms with van der Waals surface area (Å²) in [5, 5.41) is 0. The number of likely N-dealkylation sites (tertiary alicyclic amines) is 1. The summed E-state index contributed by atoms with van der Waals surface area (Å²) in [7, 11) is 0. The van der Waals surface area contributed by atoms with Crippen molar-refractivity contribution < 1.29 is 14.3 Å². The van der Waals surface area contributed by atoms with Gasteiger partial charge in [0.2, 0.25) is 0 Å². The molecule has 0 spiro atoms. The lowest BCUT2D eigenvalue weighted by Gasteiger charge is -2.40. The summed E-state index contributed by atoms with van der Waals surface area (Å²) < 4.78 is 11.6. The molecule has 1 aromatic carbocycles. The first-order valence-electron chi connectivity index (χ1n) is 8.92. The van der Waals surface area contributed by atoms with Gasteiger partial charge in [0, 0.05) is 11.6 Å². The first-order chi connectivity index (χ1) is 11.3. The van der Waals surface area contributed by atoms with Crippen molar-refractivity contribution in [3.63, 3.8) is 0 Å². The van der Waals surface area contributed by atoms with Crippen molar-refractivity contribution >= 4 is 5.97 Å². The van der Waals surface area contributed by atoms with Gasteiger partial charge in [0.1, 0.15) is 6.61 Å². The van der Waals surface area contributed by atoms with Crippen molar-refractivity contribution in [2.75, 3.05) is 6.54 Å². The van der Waals surface area contributed by atoms with Crippen molar-refractivity contribution in [1.29, 1.82) is 0 Å². The Morgan fingerprint density at radius 3 is 2.50 bits per heavy atom. The summed E-state index contributed by atoms with van der Waals surface area (Å²) in [5.41, 5.74) is 1.01. The molecule has 24 heavy (non-hydrogen) atoms. The number of ether oxygens (including phenoxy) is 2. The fourth-order valence-corrected chi connectivity index (χ4v) is 3.35. The smallest absolute Gasteiger partial charge is 0.337 e. The number of hydrogen-bond donors (Lipinski definition) is 0. The summed E-state index contributed by atoms with van der Waals surface area (Å²) >= 11 is 0. The highest BCUT2D eigenvalue weighted by atomic mass is 16.6. The molecule has 1 aromatic rings. The van der Waals surface area contributed by atoms with E-state index in [9.17, 15) is 4.79 Å². The van der Waals surface area contributed by atoms with Crippen LogP contribution in [0.2, 0.25) is 0 Å². The molecule has 0 radical (unpaired) electrons. The quantitative estimate of drug-likeness (QED) is 0.743. The number of carbonyl (C=O) groups is 1. The van der Waals surface area contributed by atoms with Crippen LogP contribution in [0.5, 0.6) is 0 Å². The molecule has 4 nitrogen and oxygen atoms in total. The van der Waals surface area contributed by atoms with Crippen LogP contribution in [-0.4, -0.2) is 41.2 Å². The molecule has 0 aliphatic carbocycles. The zero-order chi connectivity index (χ0) is 17.7. The number of hydrogen-bond acceptors (Lipinski definition) is 4. The number of esters is 1. The van der Waals surface area contributed by atoms with Gasteiger partial charge in [-0.2, -0.15) is 0 Å². The van der Waals surface area contributed by atoms with Crippen molar-refractivity contribution in [2.24, 2.45) is 0 Å². The van der Waals surface area contributed by atoms with Gasteiger partial charge in [-0.25, -0.2) is 4.79 Å². The van der Waals surface area contributed by atoms with Crippen molar-refractivity contribution in [2.45, 2.75) is 77.9 Å². The average molecular weight is 333 g/mol. The normalized spacial score (nSPS) is 20.3. The van der Waals surface area contributed by atoms with E-state index in [0.717, 1.165) is 24.9 Å². The lowest BCUT2D eigenvalue weighted by atomic mass is 10.0. The molecule has 4 heteroatoms. The largest absolute Gasteiger partial charge is 0.459 e. The molecule has 1 fully saturated rings. The summed E-state index contributed by atoms with van der Waals surface area (Å²) in [4.78, 5) is 15.1. The SMILES string of the molecule is CC(C)OC(C(=O)OCc1ccccc1)[C@@H]1CCCN1C(C)(C)C. The summed E-state index contributed by atoms with van der Waals surface area (Å²) in [6, 6.07) is 9.85. The van der Waals surface area contributed by atoms with E-state index in [1.165, 1.54) is 0 Å². The van der Waals surface area contributed by atoms with Crippen molar-refractivity contribution in [3.05, 3.63) is 35.9 Å². The van der Waals surface area contributed by atoms with E-state index in [4.69, 9.17) is 9.47 Å². The third-order valence-corrected chi connectivity index (χ3v) is 4.39. The molecule has 0 aromatic heterocycles. The maximum Gasteiger partial charge on any atom is 0.337 e. The van der Waals surface area contributed by atoms with E-state index < -0.39 is 6.10 Å². The predicted molar refractivity (Wildman–Crippen MR) is 95.7 cm³/mol. The molecule has 2 rings (SSSR count). The molecule has 1 heterocycles. The second-order valence-electron chi connectivity index (χ2n) is 7.77. The number of rotatable bonds is 6. The second-order valence-corrected chi connectivity index (χ2v) is 7.77. The fraction of sp³-hybridized carbons (Fsp3) is 0.650. The van der Waals surface area contributed by atoms with Gasteiger partial charge in [-0.15, -0.1) is 0 Å². The molecule has 134 valence electrons. The van der Waals surface area contributed by atoms with Gasteiger partial charge in [0.15, 0.2) is 6.10 Å². The zero-order valence-corrected chi connectivity index (χ0v) is 15.6. The Hall–Kier alpha value is -1.39. The number of carbonyl (C=O) groups excluding carboxylic acids is 1. The first kappa shape index (κ1) is 18.9. The van der Waals surface area contributed by atoms with Crippen LogP contribution in [0.3, 0.4) is 0 Å². The van der Waals surface area contributed by atoms with Crippen LogP contribution in [-0.2, 0) is 20.9 Å². The van der Waals surface area contributed by atoms with E-state index in [1.54, 1.807) is 0 Å². The highest BCUT2D eigenvalue weighted by Gasteiger charge is 2.42. The molecule has 0 N–H and O–H groups in total. The van der Waals surface area contributed by atoms with E-state index >= 15 is 0 Å². The number of nitrogens with zero attached hydrogens (tertiary/aromatic N) is 1. The van der Waals surface area contributed by atoms with Crippen LogP contribution in [0.25, 0.3) is 0 Å². The van der Waals surface area contributed by atoms with Crippen molar-refractivity contribution in [1.82, 2.24) is 4.90 Å². The van der Waals surface area contributed by atoms with Gasteiger partial charge in [0.05, 0.1) is 6.10 Å². The minimum absolute atomic E-state index is 0.0123. The molecule has 2 atom stereocenters. The summed E-state index contributed by atoms with van der Waals surface area (Å²) in [6.45, 7) is 11.8. The molecular formula is C20H31NO3. The van der Waals surface area contributed by atoms with Gasteiger partial charge in [-0.1, -0.05) is 30.3 Å². The monoisotopic (exact) mass is 333 g/mol. The molecule has 0 bridgehead atoms. The van der Waals surface area contributed by atoms with Crippen LogP contribution in [0, 0.1) is 0 Å². The minimum atomic E-state index is -0.532. The van der Waals surface area contributed by atoms with Gasteiger partial charge >= 0.3 is 5.97 Å². The molecule has 0 amide bonds. The van der Waals surface area contributed by atoms with E-state index in [2.05, 4.69) is 25.7 Å². The molecule has 1 unspecified atom stereocenters. The fourth-order valence-electron chi connectivity index (χ4n) is 3.35. The van der Waals surface area contributed by atoms with E-state index in [0.29, 0.717) is 6.61 Å². The van der Waals surface area contributed by atoms with Gasteiger partial charge in [-0.3, -0.25) is 4.90 Å². The second kappa shape index (κ2) is 8.13. The standard InChI is InChI=1S/C20H31NO3/c1-15(2)24-18(17-12-9-13-21(17)20(3,4)5)19(22)23-14-16-10-7-6-8-11-16/h6-8,10-11,15,17-18H,9,12-14H2,1-5H3/t17-,18?/m0/s1. The third-order valence-electron chi connectivity index (χ3n) is 4.39. The number of benzene rings is 1. The van der Waals surface area contributed by atoms with Gasteiger partial charge in [-0.05, 0) is 59.6 Å². The molecular weight excluding hydrogens is 302 g/mol. The Morgan fingerprint density at radius 2 is 1.92 bits per heavy atom. The Bertz CT molecular complexity index is 521. The Morgan fingerprint density at radius 1 is 1.25 bits per heavy atom. The topological polar surface area (TPSA) is 38.8 Å². The Labute approximate surface area is 146 Å². The maximum absolute atomic E-state index is 12.7. The van der Waals surface area contributed by atoms with Crippen molar-refractivity contribution in [3.8, 4) is 0 Å². The van der Waals surface area contributed by atoms with Gasteiger partial charge in [0.25, 0.3) is 0 Å². The van der Waals surface area contributed by atoms with Crippen LogP contribution >= 0.6 is 0 Å². The van der Waals surface area contributed by atoms with Crippen LogP contribution in [0.1, 0.15) is 53.0 Å². The summed E-state index contributed by atoms with van der Waals surface area (Å²) in [6.07, 6.45) is 1.51. The van der Waals surface area contributed by atoms with Crippen LogP contribution in [0.4, 0.5) is 0 Å². The Kier molecular flexibility index (Phi) is 6.41.